The van der Waals surface area contributed by atoms with Gasteiger partial charge < -0.3 is 15.0 Å². The molecule has 1 aliphatic heterocycles. The number of benzene rings is 2. The van der Waals surface area contributed by atoms with Crippen LogP contribution in [0.25, 0.3) is 0 Å². The summed E-state index contributed by atoms with van der Waals surface area (Å²) in [6, 6.07) is 10.1. The number of aryl methyl sites for hydroxylation is 1. The Morgan fingerprint density at radius 1 is 1.19 bits per heavy atom. The molecule has 0 aromatic heterocycles. The van der Waals surface area contributed by atoms with Gasteiger partial charge in [0.2, 0.25) is 5.91 Å². The number of hydrogen-bond donors (Lipinski definition) is 1. The second-order valence-corrected chi connectivity index (χ2v) is 6.84. The van der Waals surface area contributed by atoms with E-state index in [0.29, 0.717) is 21.3 Å². The third-order valence-electron chi connectivity index (χ3n) is 4.20. The van der Waals surface area contributed by atoms with E-state index in [2.05, 4.69) is 5.32 Å². The first kappa shape index (κ1) is 18.5. The second-order valence-electron chi connectivity index (χ2n) is 6.03. The number of hydrogen-bond acceptors (Lipinski definition) is 3. The number of halogens is 2. The van der Waals surface area contributed by atoms with Crippen LogP contribution in [-0.4, -0.2) is 25.0 Å². The zero-order valence-corrected chi connectivity index (χ0v) is 15.9. The highest BCUT2D eigenvalue weighted by atomic mass is 35.5. The van der Waals surface area contributed by atoms with Crippen molar-refractivity contribution in [2.24, 2.45) is 0 Å². The lowest BCUT2D eigenvalue weighted by molar-refractivity contribution is -0.126. The van der Waals surface area contributed by atoms with Crippen LogP contribution in [0.2, 0.25) is 10.0 Å². The molecule has 5 nitrogen and oxygen atoms in total. The highest BCUT2D eigenvalue weighted by Crippen LogP contribution is 2.44. The minimum absolute atomic E-state index is 0.279. The quantitative estimate of drug-likeness (QED) is 0.838. The van der Waals surface area contributed by atoms with E-state index < -0.39 is 6.04 Å². The standard InChI is InChI=1S/C19H18Cl2N2O3/c1-11-5-3-4-6-15(11)26-10-9-23-18-14(21)8-7-13(20)16(18)17(19(23)25)22-12(2)24/h3-8,17H,9-10H2,1-2H3,(H,22,24)/t17-/m1/s1. The van der Waals surface area contributed by atoms with Gasteiger partial charge in [-0.25, -0.2) is 0 Å². The maximum absolute atomic E-state index is 12.9. The van der Waals surface area contributed by atoms with Crippen LogP contribution in [0.3, 0.4) is 0 Å². The molecule has 2 aromatic carbocycles. The minimum Gasteiger partial charge on any atom is -0.491 e. The molecule has 0 bridgehead atoms. The van der Waals surface area contributed by atoms with Gasteiger partial charge in [-0.2, -0.15) is 0 Å². The fourth-order valence-corrected chi connectivity index (χ4v) is 3.55. The van der Waals surface area contributed by atoms with Crippen LogP contribution in [0.15, 0.2) is 36.4 Å². The topological polar surface area (TPSA) is 58.6 Å². The van der Waals surface area contributed by atoms with Gasteiger partial charge >= 0.3 is 0 Å². The van der Waals surface area contributed by atoms with Crippen molar-refractivity contribution in [3.05, 3.63) is 57.6 Å². The van der Waals surface area contributed by atoms with Crippen LogP contribution in [-0.2, 0) is 9.59 Å². The molecule has 26 heavy (non-hydrogen) atoms. The largest absolute Gasteiger partial charge is 0.491 e. The van der Waals surface area contributed by atoms with Gasteiger partial charge in [0.05, 0.1) is 17.3 Å². The van der Waals surface area contributed by atoms with Crippen molar-refractivity contribution in [1.82, 2.24) is 5.32 Å². The number of nitrogens with one attached hydrogen (secondary N) is 1. The molecule has 1 aliphatic rings. The first-order chi connectivity index (χ1) is 12.4. The normalized spacial score (nSPS) is 15.8. The lowest BCUT2D eigenvalue weighted by Gasteiger charge is -2.19. The van der Waals surface area contributed by atoms with E-state index in [4.69, 9.17) is 27.9 Å². The van der Waals surface area contributed by atoms with Gasteiger partial charge in [-0.05, 0) is 30.7 Å². The number of carbonyl (C=O) groups is 2. The van der Waals surface area contributed by atoms with Crippen molar-refractivity contribution >= 4 is 40.7 Å². The van der Waals surface area contributed by atoms with Crippen molar-refractivity contribution in [3.63, 3.8) is 0 Å². The Labute approximate surface area is 161 Å². The van der Waals surface area contributed by atoms with Crippen molar-refractivity contribution < 1.29 is 14.3 Å². The summed E-state index contributed by atoms with van der Waals surface area (Å²) in [5.41, 5.74) is 2.06. The van der Waals surface area contributed by atoms with Gasteiger partial charge in [-0.1, -0.05) is 41.4 Å². The molecule has 1 atom stereocenters. The second kappa shape index (κ2) is 7.56. The predicted octanol–water partition coefficient (Wildman–Crippen LogP) is 3.90. The fourth-order valence-electron chi connectivity index (χ4n) is 3.02. The van der Waals surface area contributed by atoms with E-state index in [-0.39, 0.29) is 25.0 Å². The maximum atomic E-state index is 12.9. The highest BCUT2D eigenvalue weighted by Gasteiger charge is 2.40. The van der Waals surface area contributed by atoms with E-state index in [9.17, 15) is 9.59 Å². The van der Waals surface area contributed by atoms with Crippen LogP contribution in [0.1, 0.15) is 24.1 Å². The van der Waals surface area contributed by atoms with Gasteiger partial charge in [0.15, 0.2) is 0 Å². The number of para-hydroxylation sites is 1. The van der Waals surface area contributed by atoms with Gasteiger partial charge in [-0.3, -0.25) is 9.59 Å². The molecular weight excluding hydrogens is 375 g/mol. The van der Waals surface area contributed by atoms with Crippen LogP contribution < -0.4 is 15.0 Å². The number of rotatable bonds is 5. The van der Waals surface area contributed by atoms with Gasteiger partial charge in [-0.15, -0.1) is 0 Å². The summed E-state index contributed by atoms with van der Waals surface area (Å²) in [4.78, 5) is 25.9. The number of anilines is 1. The van der Waals surface area contributed by atoms with Crippen molar-refractivity contribution in [1.29, 1.82) is 0 Å². The third-order valence-corrected chi connectivity index (χ3v) is 4.83. The fraction of sp³-hybridized carbons (Fsp3) is 0.263. The SMILES string of the molecule is CC(=O)N[C@H]1C(=O)N(CCOc2ccccc2C)c2c(Cl)ccc(Cl)c21. The molecular formula is C19H18Cl2N2O3. The molecule has 3 rings (SSSR count). The molecule has 0 spiro atoms. The monoisotopic (exact) mass is 392 g/mol. The van der Waals surface area contributed by atoms with Crippen molar-refractivity contribution in [3.8, 4) is 5.75 Å². The van der Waals surface area contributed by atoms with Crippen LogP contribution in [0.4, 0.5) is 5.69 Å². The minimum atomic E-state index is -0.841. The number of nitrogens with zero attached hydrogens (tertiary/aromatic N) is 1. The third kappa shape index (κ3) is 3.50. The molecule has 0 radical (unpaired) electrons. The number of carbonyl (C=O) groups excluding carboxylic acids is 2. The lowest BCUT2D eigenvalue weighted by atomic mass is 10.1. The summed E-state index contributed by atoms with van der Waals surface area (Å²) in [5, 5.41) is 3.44. The van der Waals surface area contributed by atoms with E-state index in [0.717, 1.165) is 11.3 Å². The van der Waals surface area contributed by atoms with Gasteiger partial charge in [0.1, 0.15) is 18.4 Å². The Hall–Kier alpha value is -2.24. The van der Waals surface area contributed by atoms with Crippen LogP contribution in [0, 0.1) is 6.92 Å². The maximum Gasteiger partial charge on any atom is 0.254 e. The summed E-state index contributed by atoms with van der Waals surface area (Å²) in [6.07, 6.45) is 0. The summed E-state index contributed by atoms with van der Waals surface area (Å²) >= 11 is 12.6. The Balaban J connectivity index is 1.84. The summed E-state index contributed by atoms with van der Waals surface area (Å²) in [7, 11) is 0. The lowest BCUT2D eigenvalue weighted by Crippen LogP contribution is -2.38. The van der Waals surface area contributed by atoms with E-state index in [1.165, 1.54) is 11.8 Å². The molecule has 1 N–H and O–H groups in total. The molecule has 0 saturated carbocycles. The molecule has 0 fully saturated rings. The highest BCUT2D eigenvalue weighted by molar-refractivity contribution is 6.38. The Morgan fingerprint density at radius 2 is 1.88 bits per heavy atom. The Bertz CT molecular complexity index is 870. The summed E-state index contributed by atoms with van der Waals surface area (Å²) < 4.78 is 5.79. The Morgan fingerprint density at radius 3 is 2.58 bits per heavy atom. The average Bonchev–Trinajstić information content (AvgIpc) is 2.86. The molecule has 2 amide bonds. The van der Waals surface area contributed by atoms with Crippen LogP contribution >= 0.6 is 23.2 Å². The van der Waals surface area contributed by atoms with Gasteiger partial charge in [0, 0.05) is 17.5 Å². The smallest absolute Gasteiger partial charge is 0.254 e. The Kier molecular flexibility index (Phi) is 5.39. The zero-order chi connectivity index (χ0) is 18.8. The van der Waals surface area contributed by atoms with Crippen molar-refractivity contribution in [2.75, 3.05) is 18.1 Å². The van der Waals surface area contributed by atoms with Crippen LogP contribution in [0.5, 0.6) is 5.75 Å². The average molecular weight is 393 g/mol. The molecule has 0 saturated heterocycles. The molecule has 0 aliphatic carbocycles. The summed E-state index contributed by atoms with van der Waals surface area (Å²) in [6.45, 7) is 3.88. The molecule has 2 aromatic rings. The molecule has 136 valence electrons. The summed E-state index contributed by atoms with van der Waals surface area (Å²) in [5.74, 6) is 0.164. The first-order valence-corrected chi connectivity index (χ1v) is 8.90. The van der Waals surface area contributed by atoms with Crippen molar-refractivity contribution in [2.45, 2.75) is 19.9 Å². The van der Waals surface area contributed by atoms with E-state index in [1.54, 1.807) is 12.1 Å². The molecule has 1 heterocycles. The van der Waals surface area contributed by atoms with Gasteiger partial charge in [0.25, 0.3) is 5.91 Å². The predicted molar refractivity (Wildman–Crippen MR) is 102 cm³/mol. The molecule has 0 unspecified atom stereocenters. The number of amides is 2. The number of ether oxygens (including phenoxy) is 1. The molecule has 7 heteroatoms. The van der Waals surface area contributed by atoms with E-state index in [1.807, 2.05) is 31.2 Å². The first-order valence-electron chi connectivity index (χ1n) is 8.15. The van der Waals surface area contributed by atoms with E-state index >= 15 is 0 Å². The zero-order valence-electron chi connectivity index (χ0n) is 14.4. The number of fused-ring (bicyclic) bond motifs is 1.